The normalized spacial score (nSPS) is 24.0. The second-order valence-electron chi connectivity index (χ2n) is 2.30. The van der Waals surface area contributed by atoms with Crippen molar-refractivity contribution in [1.82, 2.24) is 5.32 Å². The standard InChI is InChI=1S/C7H9N/c1-2-4-7-6(3-1)5-8-7/h1,3,8H,2,4-5H2. The summed E-state index contributed by atoms with van der Waals surface area (Å²) in [6.07, 6.45) is 6.95. The lowest BCUT2D eigenvalue weighted by Gasteiger charge is -2.26. The molecule has 2 aliphatic rings. The van der Waals surface area contributed by atoms with E-state index in [9.17, 15) is 0 Å². The van der Waals surface area contributed by atoms with Crippen LogP contribution < -0.4 is 5.32 Å². The van der Waals surface area contributed by atoms with Crippen LogP contribution in [0.5, 0.6) is 0 Å². The molecule has 1 heteroatoms. The molecule has 1 N–H and O–H groups in total. The third-order valence-electron chi connectivity index (χ3n) is 1.76. The van der Waals surface area contributed by atoms with Crippen LogP contribution in [-0.4, -0.2) is 6.54 Å². The fourth-order valence-corrected chi connectivity index (χ4v) is 1.18. The summed E-state index contributed by atoms with van der Waals surface area (Å²) in [7, 11) is 0. The summed E-state index contributed by atoms with van der Waals surface area (Å²) in [5, 5.41) is 3.28. The average Bonchev–Trinajstić information content (AvgIpc) is 1.72. The quantitative estimate of drug-likeness (QED) is 0.490. The molecule has 0 saturated heterocycles. The maximum absolute atomic E-state index is 3.28. The van der Waals surface area contributed by atoms with Crippen molar-refractivity contribution < 1.29 is 0 Å². The zero-order valence-corrected chi connectivity index (χ0v) is 4.78. The molecule has 1 nitrogen and oxygen atoms in total. The molecule has 8 heavy (non-hydrogen) atoms. The van der Waals surface area contributed by atoms with Crippen LogP contribution in [0.15, 0.2) is 23.4 Å². The van der Waals surface area contributed by atoms with E-state index in [1.807, 2.05) is 0 Å². The molecule has 0 aromatic rings. The molecule has 1 heterocycles. The first-order chi connectivity index (χ1) is 3.97. The highest BCUT2D eigenvalue weighted by molar-refractivity contribution is 5.36. The van der Waals surface area contributed by atoms with Crippen LogP contribution in [0.3, 0.4) is 0 Å². The molecule has 42 valence electrons. The van der Waals surface area contributed by atoms with Crippen LogP contribution in [0.2, 0.25) is 0 Å². The zero-order chi connectivity index (χ0) is 5.40. The summed E-state index contributed by atoms with van der Waals surface area (Å²) in [4.78, 5) is 0. The molecule has 0 aromatic carbocycles. The van der Waals surface area contributed by atoms with E-state index in [-0.39, 0.29) is 0 Å². The third kappa shape index (κ3) is 0.414. The Morgan fingerprint density at radius 1 is 1.50 bits per heavy atom. The van der Waals surface area contributed by atoms with Crippen LogP contribution in [-0.2, 0) is 0 Å². The zero-order valence-electron chi connectivity index (χ0n) is 4.78. The van der Waals surface area contributed by atoms with E-state index in [2.05, 4.69) is 17.5 Å². The summed E-state index contributed by atoms with van der Waals surface area (Å²) in [5.41, 5.74) is 3.00. The number of nitrogens with one attached hydrogen (secondary N) is 1. The summed E-state index contributed by atoms with van der Waals surface area (Å²) in [6, 6.07) is 0. The molecular weight excluding hydrogens is 98.1 g/mol. The first kappa shape index (κ1) is 4.19. The second kappa shape index (κ2) is 1.38. The van der Waals surface area contributed by atoms with Gasteiger partial charge < -0.3 is 5.32 Å². The molecule has 0 radical (unpaired) electrons. The Morgan fingerprint density at radius 3 is 2.88 bits per heavy atom. The summed E-state index contributed by atoms with van der Waals surface area (Å²) >= 11 is 0. The molecule has 1 aliphatic heterocycles. The minimum Gasteiger partial charge on any atom is -0.384 e. The first-order valence-electron chi connectivity index (χ1n) is 3.09. The fraction of sp³-hybridized carbons (Fsp3) is 0.429. The lowest BCUT2D eigenvalue weighted by molar-refractivity contribution is 0.693. The molecule has 0 fully saturated rings. The Bertz CT molecular complexity index is 165. The number of rotatable bonds is 0. The summed E-state index contributed by atoms with van der Waals surface area (Å²) in [6.45, 7) is 1.10. The SMILES string of the molecule is C1=CC2=C(CC1)NC2. The van der Waals surface area contributed by atoms with Crippen LogP contribution in [0, 0.1) is 0 Å². The molecule has 0 saturated carbocycles. The van der Waals surface area contributed by atoms with Gasteiger partial charge in [-0.2, -0.15) is 0 Å². The van der Waals surface area contributed by atoms with Crippen LogP contribution >= 0.6 is 0 Å². The highest BCUT2D eigenvalue weighted by Crippen LogP contribution is 2.21. The number of allylic oxidation sites excluding steroid dienone is 2. The maximum atomic E-state index is 3.28. The predicted molar refractivity (Wildman–Crippen MR) is 33.4 cm³/mol. The van der Waals surface area contributed by atoms with Gasteiger partial charge in [-0.1, -0.05) is 12.2 Å². The van der Waals surface area contributed by atoms with Gasteiger partial charge in [-0.25, -0.2) is 0 Å². The van der Waals surface area contributed by atoms with Crippen molar-refractivity contribution in [3.05, 3.63) is 23.4 Å². The maximum Gasteiger partial charge on any atom is 0.0414 e. The largest absolute Gasteiger partial charge is 0.384 e. The van der Waals surface area contributed by atoms with Gasteiger partial charge in [-0.15, -0.1) is 0 Å². The van der Waals surface area contributed by atoms with E-state index in [0.29, 0.717) is 0 Å². The molecule has 2 rings (SSSR count). The van der Waals surface area contributed by atoms with Gasteiger partial charge >= 0.3 is 0 Å². The lowest BCUT2D eigenvalue weighted by atomic mass is 9.98. The molecule has 0 amide bonds. The lowest BCUT2D eigenvalue weighted by Crippen LogP contribution is -2.30. The Hall–Kier alpha value is -0.720. The van der Waals surface area contributed by atoms with Crippen LogP contribution in [0.1, 0.15) is 12.8 Å². The summed E-state index contributed by atoms with van der Waals surface area (Å²) < 4.78 is 0. The van der Waals surface area contributed by atoms with Gasteiger partial charge in [0.1, 0.15) is 0 Å². The smallest absolute Gasteiger partial charge is 0.0414 e. The second-order valence-corrected chi connectivity index (χ2v) is 2.30. The average molecular weight is 107 g/mol. The predicted octanol–water partition coefficient (Wildman–Crippen LogP) is 1.19. The van der Waals surface area contributed by atoms with E-state index < -0.39 is 0 Å². The van der Waals surface area contributed by atoms with Gasteiger partial charge in [-0.05, 0) is 18.4 Å². The van der Waals surface area contributed by atoms with Gasteiger partial charge in [0, 0.05) is 12.2 Å². The van der Waals surface area contributed by atoms with E-state index in [1.165, 1.54) is 24.1 Å². The third-order valence-corrected chi connectivity index (χ3v) is 1.76. The number of hydrogen-bond acceptors (Lipinski definition) is 1. The van der Waals surface area contributed by atoms with Gasteiger partial charge in [0.15, 0.2) is 0 Å². The monoisotopic (exact) mass is 107 g/mol. The molecule has 0 bridgehead atoms. The van der Waals surface area contributed by atoms with E-state index >= 15 is 0 Å². The van der Waals surface area contributed by atoms with Crippen molar-refractivity contribution >= 4 is 0 Å². The molecular formula is C7H9N. The molecule has 0 aromatic heterocycles. The number of hydrogen-bond donors (Lipinski definition) is 1. The van der Waals surface area contributed by atoms with Crippen LogP contribution in [0.25, 0.3) is 0 Å². The van der Waals surface area contributed by atoms with E-state index in [4.69, 9.17) is 0 Å². The van der Waals surface area contributed by atoms with Crippen molar-refractivity contribution in [3.63, 3.8) is 0 Å². The van der Waals surface area contributed by atoms with E-state index in [0.717, 1.165) is 6.54 Å². The highest BCUT2D eigenvalue weighted by atomic mass is 14.9. The van der Waals surface area contributed by atoms with E-state index in [1.54, 1.807) is 0 Å². The van der Waals surface area contributed by atoms with Gasteiger partial charge in [0.05, 0.1) is 0 Å². The van der Waals surface area contributed by atoms with Gasteiger partial charge in [-0.3, -0.25) is 0 Å². The molecule has 0 unspecified atom stereocenters. The minimum absolute atomic E-state index is 1.10. The van der Waals surface area contributed by atoms with Crippen molar-refractivity contribution in [3.8, 4) is 0 Å². The first-order valence-corrected chi connectivity index (χ1v) is 3.09. The van der Waals surface area contributed by atoms with Crippen molar-refractivity contribution in [2.45, 2.75) is 12.8 Å². The van der Waals surface area contributed by atoms with Crippen LogP contribution in [0.4, 0.5) is 0 Å². The molecule has 0 atom stereocenters. The summed E-state index contributed by atoms with van der Waals surface area (Å²) in [5.74, 6) is 0. The highest BCUT2D eigenvalue weighted by Gasteiger charge is 2.14. The van der Waals surface area contributed by atoms with Crippen molar-refractivity contribution in [2.75, 3.05) is 6.54 Å². The molecule has 1 aliphatic carbocycles. The van der Waals surface area contributed by atoms with Gasteiger partial charge in [0.2, 0.25) is 0 Å². The topological polar surface area (TPSA) is 12.0 Å². The van der Waals surface area contributed by atoms with Crippen molar-refractivity contribution in [2.24, 2.45) is 0 Å². The molecule has 0 spiro atoms. The Kier molecular flexibility index (Phi) is 0.720. The minimum atomic E-state index is 1.10. The van der Waals surface area contributed by atoms with Crippen molar-refractivity contribution in [1.29, 1.82) is 0 Å². The fourth-order valence-electron chi connectivity index (χ4n) is 1.18. The Morgan fingerprint density at radius 2 is 2.50 bits per heavy atom. The Labute approximate surface area is 49.1 Å². The van der Waals surface area contributed by atoms with Gasteiger partial charge in [0.25, 0.3) is 0 Å². The Balaban J connectivity index is 2.31.